The van der Waals surface area contributed by atoms with Crippen molar-refractivity contribution < 1.29 is 9.53 Å². The number of rotatable bonds is 3. The fraction of sp³-hybridized carbons (Fsp3) is 0.273. The van der Waals surface area contributed by atoms with E-state index < -0.39 is 0 Å². The van der Waals surface area contributed by atoms with Gasteiger partial charge < -0.3 is 10.1 Å². The first-order valence-corrected chi connectivity index (χ1v) is 9.50. The van der Waals surface area contributed by atoms with Crippen LogP contribution in [-0.4, -0.2) is 22.3 Å². The summed E-state index contributed by atoms with van der Waals surface area (Å²) in [5, 5.41) is 7.89. The molecule has 0 fully saturated rings. The highest BCUT2D eigenvalue weighted by atomic mass is 16.5. The second kappa shape index (κ2) is 6.58. The van der Waals surface area contributed by atoms with E-state index in [1.807, 2.05) is 59.3 Å². The first-order chi connectivity index (χ1) is 13.3. The number of fused-ring (bicyclic) bond motifs is 2. The zero-order valence-corrected chi connectivity index (χ0v) is 15.0. The Balaban J connectivity index is 1.47. The van der Waals surface area contributed by atoms with Crippen LogP contribution in [0.4, 0.5) is 0 Å². The molecule has 1 atom stereocenters. The van der Waals surface area contributed by atoms with Crippen LogP contribution in [0.3, 0.4) is 0 Å². The molecule has 0 radical (unpaired) electrons. The summed E-state index contributed by atoms with van der Waals surface area (Å²) in [4.78, 5) is 13.1. The van der Waals surface area contributed by atoms with Crippen LogP contribution in [0.1, 0.15) is 46.2 Å². The van der Waals surface area contributed by atoms with Gasteiger partial charge in [-0.1, -0.05) is 36.4 Å². The lowest BCUT2D eigenvalue weighted by Crippen LogP contribution is -2.32. The van der Waals surface area contributed by atoms with Gasteiger partial charge in [-0.2, -0.15) is 5.10 Å². The van der Waals surface area contributed by atoms with Crippen LogP contribution in [0.2, 0.25) is 0 Å². The molecule has 1 aromatic heterocycles. The molecule has 2 aliphatic rings. The lowest BCUT2D eigenvalue weighted by molar-refractivity contribution is 0.0918. The molecule has 5 nitrogen and oxygen atoms in total. The fourth-order valence-electron chi connectivity index (χ4n) is 4.12. The smallest absolute Gasteiger partial charge is 0.272 e. The van der Waals surface area contributed by atoms with Gasteiger partial charge in [-0.3, -0.25) is 4.79 Å². The minimum absolute atomic E-state index is 0.0404. The van der Waals surface area contributed by atoms with E-state index in [1.165, 1.54) is 5.69 Å². The third kappa shape index (κ3) is 2.79. The lowest BCUT2D eigenvalue weighted by Gasteiger charge is -2.26. The Labute approximate surface area is 158 Å². The van der Waals surface area contributed by atoms with E-state index in [4.69, 9.17) is 9.84 Å². The quantitative estimate of drug-likeness (QED) is 0.777. The van der Waals surface area contributed by atoms with Crippen molar-refractivity contribution in [1.82, 2.24) is 15.1 Å². The van der Waals surface area contributed by atoms with Gasteiger partial charge in [-0.05, 0) is 37.5 Å². The van der Waals surface area contributed by atoms with Crippen LogP contribution in [0.5, 0.6) is 5.75 Å². The van der Waals surface area contributed by atoms with E-state index in [-0.39, 0.29) is 11.9 Å². The molecule has 2 heterocycles. The molecule has 1 aliphatic heterocycles. The number of amides is 1. The Morgan fingerprint density at radius 2 is 1.89 bits per heavy atom. The molecule has 0 bridgehead atoms. The van der Waals surface area contributed by atoms with Crippen molar-refractivity contribution in [2.75, 3.05) is 6.61 Å². The molecule has 5 rings (SSSR count). The predicted molar refractivity (Wildman–Crippen MR) is 102 cm³/mol. The predicted octanol–water partition coefficient (Wildman–Crippen LogP) is 3.61. The second-order valence-electron chi connectivity index (χ2n) is 7.08. The Bertz CT molecular complexity index is 994. The number of nitrogens with zero attached hydrogens (tertiary/aromatic N) is 2. The summed E-state index contributed by atoms with van der Waals surface area (Å²) in [5.74, 6) is 0.763. The van der Waals surface area contributed by atoms with Gasteiger partial charge in [0.05, 0.1) is 18.3 Å². The molecule has 0 saturated carbocycles. The van der Waals surface area contributed by atoms with Crippen LogP contribution >= 0.6 is 0 Å². The number of benzene rings is 2. The molecule has 1 N–H and O–H groups in total. The second-order valence-corrected chi connectivity index (χ2v) is 7.08. The van der Waals surface area contributed by atoms with Gasteiger partial charge >= 0.3 is 0 Å². The minimum atomic E-state index is -0.0930. The van der Waals surface area contributed by atoms with Crippen molar-refractivity contribution in [2.24, 2.45) is 0 Å². The number of para-hydroxylation sites is 2. The molecule has 1 unspecified atom stereocenters. The van der Waals surface area contributed by atoms with Crippen LogP contribution in [0.25, 0.3) is 5.69 Å². The summed E-state index contributed by atoms with van der Waals surface area (Å²) in [7, 11) is 0. The van der Waals surface area contributed by atoms with E-state index in [0.717, 1.165) is 48.2 Å². The number of nitrogens with one attached hydrogen (secondary N) is 1. The van der Waals surface area contributed by atoms with E-state index in [0.29, 0.717) is 12.3 Å². The molecule has 1 amide bonds. The molecule has 0 spiro atoms. The molecule has 1 aliphatic carbocycles. The first kappa shape index (κ1) is 16.1. The Morgan fingerprint density at radius 1 is 1.07 bits per heavy atom. The van der Waals surface area contributed by atoms with E-state index >= 15 is 0 Å². The van der Waals surface area contributed by atoms with Crippen molar-refractivity contribution in [2.45, 2.75) is 31.7 Å². The Morgan fingerprint density at radius 3 is 2.78 bits per heavy atom. The number of ether oxygens (including phenoxy) is 1. The van der Waals surface area contributed by atoms with Gasteiger partial charge in [0.25, 0.3) is 5.91 Å². The molecular weight excluding hydrogens is 338 g/mol. The summed E-state index contributed by atoms with van der Waals surface area (Å²) in [5.41, 5.74) is 4.87. The maximum atomic E-state index is 13.1. The number of hydrogen-bond acceptors (Lipinski definition) is 3. The van der Waals surface area contributed by atoms with Crippen molar-refractivity contribution in [3.05, 3.63) is 77.1 Å². The summed E-state index contributed by atoms with van der Waals surface area (Å²) in [6, 6.07) is 17.9. The topological polar surface area (TPSA) is 56.1 Å². The third-order valence-corrected chi connectivity index (χ3v) is 5.41. The van der Waals surface area contributed by atoms with Crippen molar-refractivity contribution in [1.29, 1.82) is 0 Å². The van der Waals surface area contributed by atoms with E-state index in [9.17, 15) is 4.79 Å². The molecule has 3 aromatic rings. The van der Waals surface area contributed by atoms with Crippen molar-refractivity contribution in [3.8, 4) is 11.4 Å². The number of carbonyl (C=O) groups excluding carboxylic acids is 1. The van der Waals surface area contributed by atoms with Gasteiger partial charge in [0.1, 0.15) is 5.75 Å². The van der Waals surface area contributed by atoms with Gasteiger partial charge in [0.15, 0.2) is 5.69 Å². The Hall–Kier alpha value is -3.08. The summed E-state index contributed by atoms with van der Waals surface area (Å²) in [6.45, 7) is 0.610. The van der Waals surface area contributed by atoms with E-state index in [2.05, 4.69) is 5.32 Å². The third-order valence-electron chi connectivity index (χ3n) is 5.41. The standard InChI is InChI=1S/C22H21N3O2/c26-22(23-18-13-14-27-20-12-5-4-9-16(18)20)21-17-10-6-11-19(17)25(24-21)15-7-2-1-3-8-15/h1-5,7-9,12,18H,6,10-11,13-14H2,(H,23,26). The SMILES string of the molecule is O=C(NC1CCOc2ccccc21)c1nn(-c2ccccc2)c2c1CCC2. The first-order valence-electron chi connectivity index (χ1n) is 9.50. The number of hydrogen-bond donors (Lipinski definition) is 1. The molecule has 0 saturated heterocycles. The molecule has 5 heteroatoms. The van der Waals surface area contributed by atoms with Crippen molar-refractivity contribution >= 4 is 5.91 Å². The van der Waals surface area contributed by atoms with Crippen LogP contribution < -0.4 is 10.1 Å². The maximum absolute atomic E-state index is 13.1. The van der Waals surface area contributed by atoms with Crippen LogP contribution in [0.15, 0.2) is 54.6 Å². The van der Waals surface area contributed by atoms with E-state index in [1.54, 1.807) is 0 Å². The molecule has 2 aromatic carbocycles. The summed E-state index contributed by atoms with van der Waals surface area (Å²) in [6.07, 6.45) is 3.71. The van der Waals surface area contributed by atoms with Gasteiger partial charge in [-0.25, -0.2) is 4.68 Å². The zero-order valence-electron chi connectivity index (χ0n) is 15.0. The molecule has 136 valence electrons. The molecular formula is C22H21N3O2. The minimum Gasteiger partial charge on any atom is -0.493 e. The van der Waals surface area contributed by atoms with Crippen LogP contribution in [-0.2, 0) is 12.8 Å². The average Bonchev–Trinajstić information content (AvgIpc) is 3.31. The highest BCUT2D eigenvalue weighted by Crippen LogP contribution is 2.33. The van der Waals surface area contributed by atoms with Crippen LogP contribution in [0, 0.1) is 0 Å². The number of carbonyl (C=O) groups is 1. The van der Waals surface area contributed by atoms with Gasteiger partial charge in [0.2, 0.25) is 0 Å². The fourth-order valence-corrected chi connectivity index (χ4v) is 4.12. The average molecular weight is 359 g/mol. The normalized spacial score (nSPS) is 17.7. The monoisotopic (exact) mass is 359 g/mol. The van der Waals surface area contributed by atoms with Gasteiger partial charge in [0, 0.05) is 23.2 Å². The maximum Gasteiger partial charge on any atom is 0.272 e. The molecule has 27 heavy (non-hydrogen) atoms. The summed E-state index contributed by atoms with van der Waals surface area (Å²) >= 11 is 0. The largest absolute Gasteiger partial charge is 0.493 e. The zero-order chi connectivity index (χ0) is 18.2. The highest BCUT2D eigenvalue weighted by molar-refractivity contribution is 5.94. The summed E-state index contributed by atoms with van der Waals surface area (Å²) < 4.78 is 7.65. The lowest BCUT2D eigenvalue weighted by atomic mass is 10.0. The highest BCUT2D eigenvalue weighted by Gasteiger charge is 2.29. The van der Waals surface area contributed by atoms with Crippen molar-refractivity contribution in [3.63, 3.8) is 0 Å². The van der Waals surface area contributed by atoms with Gasteiger partial charge in [-0.15, -0.1) is 0 Å². The number of aromatic nitrogens is 2. The Kier molecular flexibility index (Phi) is 3.93.